The van der Waals surface area contributed by atoms with Gasteiger partial charge < -0.3 is 10.2 Å². The molecule has 1 aliphatic rings. The van der Waals surface area contributed by atoms with E-state index in [0.717, 1.165) is 30.8 Å². The van der Waals surface area contributed by atoms with E-state index in [4.69, 9.17) is 0 Å². The van der Waals surface area contributed by atoms with E-state index < -0.39 is 6.43 Å². The van der Waals surface area contributed by atoms with E-state index in [2.05, 4.69) is 40.6 Å². The zero-order valence-electron chi connectivity index (χ0n) is 14.7. The summed E-state index contributed by atoms with van der Waals surface area (Å²) in [6.07, 6.45) is 0.857. The Morgan fingerprint density at radius 1 is 1.23 bits per heavy atom. The Hall–Kier alpha value is -2.63. The Morgan fingerprint density at radius 2 is 2.00 bits per heavy atom. The van der Waals surface area contributed by atoms with Crippen molar-refractivity contribution in [2.45, 2.75) is 38.4 Å². The molecule has 4 nitrogen and oxygen atoms in total. The topological polar surface area (TPSA) is 33.1 Å². The summed E-state index contributed by atoms with van der Waals surface area (Å²) in [4.78, 5) is 2.15. The number of hydrogen-bond donors (Lipinski definition) is 1. The molecule has 138 valence electrons. The lowest BCUT2D eigenvalue weighted by Crippen LogP contribution is -2.36. The maximum absolute atomic E-state index is 13.0. The van der Waals surface area contributed by atoms with Gasteiger partial charge in [0.25, 0.3) is 6.43 Å². The summed E-state index contributed by atoms with van der Waals surface area (Å²) >= 11 is 0. The lowest BCUT2D eigenvalue weighted by Gasteiger charge is -2.30. The Kier molecular flexibility index (Phi) is 5.71. The zero-order chi connectivity index (χ0) is 18.5. The average molecular weight is 358 g/mol. The average Bonchev–Trinajstić information content (AvgIpc) is 3.29. The molecule has 2 aromatic rings. The predicted octanol–water partition coefficient (Wildman–Crippen LogP) is 4.10. The number of allylic oxidation sites excluding steroid dienone is 1. The maximum atomic E-state index is 13.0. The molecule has 0 spiro atoms. The summed E-state index contributed by atoms with van der Waals surface area (Å²) in [5.74, 6) is 0. The standard InChI is InChI=1S/C20H24F2N4/c1-15(14-26-19(20(21)22)10-11-24-26)25-12-6-9-18(25)16(2)23-13-17-7-4-3-5-8-17/h3-5,7-8,10-11,18,20,23H,1-2,6,9,12-14H2. The molecule has 1 saturated heterocycles. The number of likely N-dealkylation sites (tertiary alicyclic amines) is 1. The van der Waals surface area contributed by atoms with Gasteiger partial charge in [-0.3, -0.25) is 4.68 Å². The van der Waals surface area contributed by atoms with Crippen molar-refractivity contribution < 1.29 is 8.78 Å². The van der Waals surface area contributed by atoms with Gasteiger partial charge in [0.05, 0.1) is 12.6 Å². The Labute approximate surface area is 152 Å². The fourth-order valence-corrected chi connectivity index (χ4v) is 3.36. The smallest absolute Gasteiger partial charge is 0.280 e. The molecule has 1 aliphatic heterocycles. The van der Waals surface area contributed by atoms with Gasteiger partial charge in [0.1, 0.15) is 5.69 Å². The third-order valence-electron chi connectivity index (χ3n) is 4.73. The number of nitrogens with zero attached hydrogens (tertiary/aromatic N) is 3. The molecule has 1 N–H and O–H groups in total. The fourth-order valence-electron chi connectivity index (χ4n) is 3.36. The van der Waals surface area contributed by atoms with E-state index >= 15 is 0 Å². The molecule has 26 heavy (non-hydrogen) atoms. The van der Waals surface area contributed by atoms with Gasteiger partial charge in [0, 0.05) is 30.7 Å². The Morgan fingerprint density at radius 3 is 2.73 bits per heavy atom. The second-order valence-electron chi connectivity index (χ2n) is 6.50. The summed E-state index contributed by atoms with van der Waals surface area (Å²) in [7, 11) is 0. The second-order valence-corrected chi connectivity index (χ2v) is 6.50. The second kappa shape index (κ2) is 8.17. The van der Waals surface area contributed by atoms with Crippen molar-refractivity contribution in [1.29, 1.82) is 0 Å². The molecular weight excluding hydrogens is 334 g/mol. The van der Waals surface area contributed by atoms with Crippen LogP contribution >= 0.6 is 0 Å². The number of halogens is 2. The van der Waals surface area contributed by atoms with Gasteiger partial charge in [-0.1, -0.05) is 43.5 Å². The van der Waals surface area contributed by atoms with E-state index in [1.165, 1.54) is 22.5 Å². The van der Waals surface area contributed by atoms with Gasteiger partial charge in [-0.15, -0.1) is 0 Å². The van der Waals surface area contributed by atoms with Crippen LogP contribution in [0.2, 0.25) is 0 Å². The molecule has 0 saturated carbocycles. The van der Waals surface area contributed by atoms with Gasteiger partial charge in [-0.05, 0) is 24.5 Å². The van der Waals surface area contributed by atoms with Gasteiger partial charge in [0.15, 0.2) is 0 Å². The summed E-state index contributed by atoms with van der Waals surface area (Å²) in [6.45, 7) is 10.1. The number of benzene rings is 1. The van der Waals surface area contributed by atoms with E-state index in [1.807, 2.05) is 18.2 Å². The highest BCUT2D eigenvalue weighted by Crippen LogP contribution is 2.27. The first-order valence-electron chi connectivity index (χ1n) is 8.77. The van der Waals surface area contributed by atoms with Crippen molar-refractivity contribution in [3.63, 3.8) is 0 Å². The van der Waals surface area contributed by atoms with Crippen molar-refractivity contribution in [2.24, 2.45) is 0 Å². The van der Waals surface area contributed by atoms with Crippen LogP contribution in [-0.2, 0) is 13.1 Å². The molecule has 0 amide bonds. The number of hydrogen-bond acceptors (Lipinski definition) is 3. The first-order valence-corrected chi connectivity index (χ1v) is 8.77. The monoisotopic (exact) mass is 358 g/mol. The largest absolute Gasteiger partial charge is 0.383 e. The molecule has 1 fully saturated rings. The molecule has 1 aromatic carbocycles. The SMILES string of the molecule is C=C(NCc1ccccc1)C1CCCN1C(=C)Cn1nccc1C(F)F. The van der Waals surface area contributed by atoms with Crippen molar-refractivity contribution in [3.05, 3.63) is 78.4 Å². The molecule has 1 aromatic heterocycles. The normalized spacial score (nSPS) is 16.9. The van der Waals surface area contributed by atoms with Crippen molar-refractivity contribution in [1.82, 2.24) is 20.0 Å². The van der Waals surface area contributed by atoms with Gasteiger partial charge in [-0.25, -0.2) is 8.78 Å². The molecule has 3 rings (SSSR count). The number of aromatic nitrogens is 2. The minimum absolute atomic E-state index is 0.0806. The molecule has 1 unspecified atom stereocenters. The highest BCUT2D eigenvalue weighted by molar-refractivity contribution is 5.18. The first kappa shape index (κ1) is 18.2. The minimum Gasteiger partial charge on any atom is -0.383 e. The van der Waals surface area contributed by atoms with Crippen LogP contribution in [0, 0.1) is 0 Å². The van der Waals surface area contributed by atoms with Crippen molar-refractivity contribution in [3.8, 4) is 0 Å². The van der Waals surface area contributed by atoms with E-state index in [9.17, 15) is 8.78 Å². The van der Waals surface area contributed by atoms with Crippen LogP contribution in [0.15, 0.2) is 67.1 Å². The van der Waals surface area contributed by atoms with Gasteiger partial charge in [0.2, 0.25) is 0 Å². The molecule has 2 heterocycles. The molecule has 6 heteroatoms. The van der Waals surface area contributed by atoms with Gasteiger partial charge >= 0.3 is 0 Å². The lowest BCUT2D eigenvalue weighted by molar-refractivity contribution is 0.139. The highest BCUT2D eigenvalue weighted by atomic mass is 19.3. The molecule has 0 radical (unpaired) electrons. The Balaban J connectivity index is 1.60. The minimum atomic E-state index is -2.54. The molecule has 0 bridgehead atoms. The molecular formula is C20H24F2N4. The third kappa shape index (κ3) is 4.12. The predicted molar refractivity (Wildman–Crippen MR) is 98.5 cm³/mol. The fraction of sp³-hybridized carbons (Fsp3) is 0.350. The van der Waals surface area contributed by atoms with Crippen LogP contribution in [0.3, 0.4) is 0 Å². The lowest BCUT2D eigenvalue weighted by atomic mass is 10.1. The van der Waals surface area contributed by atoms with Crippen LogP contribution in [-0.4, -0.2) is 27.3 Å². The molecule has 1 atom stereocenters. The van der Waals surface area contributed by atoms with Crippen LogP contribution in [0.4, 0.5) is 8.78 Å². The summed E-state index contributed by atoms with van der Waals surface area (Å²) in [6, 6.07) is 11.6. The van der Waals surface area contributed by atoms with E-state index in [-0.39, 0.29) is 18.3 Å². The quantitative estimate of drug-likeness (QED) is 0.771. The van der Waals surface area contributed by atoms with Gasteiger partial charge in [-0.2, -0.15) is 5.10 Å². The number of rotatable bonds is 8. The van der Waals surface area contributed by atoms with Crippen molar-refractivity contribution in [2.75, 3.05) is 6.54 Å². The van der Waals surface area contributed by atoms with E-state index in [1.54, 1.807) is 0 Å². The van der Waals surface area contributed by atoms with Crippen LogP contribution in [0.1, 0.15) is 30.5 Å². The van der Waals surface area contributed by atoms with Crippen LogP contribution in [0.25, 0.3) is 0 Å². The number of alkyl halides is 2. The number of nitrogens with one attached hydrogen (secondary N) is 1. The maximum Gasteiger partial charge on any atom is 0.280 e. The third-order valence-corrected chi connectivity index (χ3v) is 4.73. The highest BCUT2D eigenvalue weighted by Gasteiger charge is 2.28. The molecule has 0 aliphatic carbocycles. The first-order chi connectivity index (χ1) is 12.6. The summed E-state index contributed by atoms with van der Waals surface area (Å²) in [5, 5.41) is 7.40. The zero-order valence-corrected chi connectivity index (χ0v) is 14.7. The van der Waals surface area contributed by atoms with E-state index in [0.29, 0.717) is 6.54 Å². The van der Waals surface area contributed by atoms with Crippen molar-refractivity contribution >= 4 is 0 Å². The van der Waals surface area contributed by atoms with Crippen LogP contribution in [0.5, 0.6) is 0 Å². The Bertz CT molecular complexity index is 754. The summed E-state index contributed by atoms with van der Waals surface area (Å²) < 4.78 is 27.4. The van der Waals surface area contributed by atoms with Crippen LogP contribution < -0.4 is 5.32 Å². The summed E-state index contributed by atoms with van der Waals surface area (Å²) in [5.41, 5.74) is 2.82.